The number of carbonyl (C=O) groups excluding carboxylic acids is 5. The number of hydrogen-bond donors (Lipinski definition) is 6. The molecule has 27 nitrogen and oxygen atoms in total. The van der Waals surface area contributed by atoms with Crippen molar-refractivity contribution in [2.45, 2.75) is 139 Å². The minimum Gasteiger partial charge on any atom is -0.497 e. The van der Waals surface area contributed by atoms with Crippen LogP contribution in [0.15, 0.2) is 158 Å². The topological polar surface area (TPSA) is 328 Å². The van der Waals surface area contributed by atoms with Crippen LogP contribution in [-0.2, 0) is 70.5 Å². The smallest absolute Gasteiger partial charge is 0.497 e. The Morgan fingerprint density at radius 2 is 0.793 bits per heavy atom. The van der Waals surface area contributed by atoms with Crippen LogP contribution in [0.25, 0.3) is 0 Å². The Bertz CT molecular complexity index is 4570. The third-order valence-electron chi connectivity index (χ3n) is 23.4. The van der Waals surface area contributed by atoms with Crippen molar-refractivity contribution in [3.8, 4) is 34.5 Å². The number of likely N-dealkylation sites (N-methyl/N-ethyl adjacent to an activating group) is 2. The molecule has 0 unspecified atom stereocenters. The van der Waals surface area contributed by atoms with E-state index in [1.165, 1.54) is 12.5 Å². The summed E-state index contributed by atoms with van der Waals surface area (Å²) < 4.78 is 216. The van der Waals surface area contributed by atoms with Gasteiger partial charge in [-0.2, -0.15) is 0 Å². The molecule has 6 heterocycles. The molecule has 0 bridgehead atoms. The highest BCUT2D eigenvalue weighted by Crippen LogP contribution is 2.69. The maximum atomic E-state index is 13.1. The molecule has 2 aliphatic carbocycles. The first-order valence-corrected chi connectivity index (χ1v) is 42.3. The summed E-state index contributed by atoms with van der Waals surface area (Å²) in [5, 5.41) is 48.3. The molecule has 2 saturated heterocycles. The van der Waals surface area contributed by atoms with Gasteiger partial charge in [0, 0.05) is 243 Å². The van der Waals surface area contributed by atoms with Crippen molar-refractivity contribution in [1.29, 1.82) is 0 Å². The van der Waals surface area contributed by atoms with E-state index in [1.807, 2.05) is 99.0 Å². The zero-order valence-electron chi connectivity index (χ0n) is 75.6. The molecular weight excluding hydrogens is 2100 g/mol. The highest BCUT2D eigenvalue weighted by atomic mass is 35.6. The van der Waals surface area contributed by atoms with Crippen LogP contribution in [-0.4, -0.2) is 219 Å². The number of rotatable bonds is 19. The number of amides is 1. The number of fused-ring (bicyclic) bond motifs is 2. The number of aliphatic hydroxyl groups is 4. The van der Waals surface area contributed by atoms with Gasteiger partial charge in [0.15, 0.2) is 0 Å². The van der Waals surface area contributed by atoms with Gasteiger partial charge < -0.3 is 98.1 Å². The predicted molar refractivity (Wildman–Crippen MR) is 482 cm³/mol. The standard InChI is InChI=1S/C33H41N3O7.C22H31N3O3.2C9H9ClO3.C8H10O2.C3Cl6O3.B.10F2/c1-6-31-14-9-16-36-17-15-32(27(31)36)24-13-12-23(40-4)18-25(24)35(3)28(32)33(39,29(31)43-21(2)37)20-34-30(38)42-19-22-10-7-8-11-26(22)41-5;1-4-20-8-5-10-25-11-9-21(17(20)25)15-7-6-14(28-3)12-16(15)24(2)18(21)22(27,13-23)19(20)26;2*1-12-8-5-3-2-4-7(8)6-13-9(10)11;1-10-8-5-3-2-4-7(8)6-9;4-2(5,6)11-1(10)12-3(7,8)9;;10*1-2/h7-14,18,27-29,39H,6,15-17,19-20H2,1-5H3,(H,34,38);5-8,12,17-19,26-27H,4,9-11,13,23H2,1-3H3;2*2-5H,6H2,1H3;2-5,9H,6H2,1H3;;;;;;;;;;;;/t27-,28+,29+,31+,32+,33-;17-,18+,19+,20+,21+,22-;;;;;;;;;;;;;;;/m00.............../s1. The maximum absolute atomic E-state index is 13.1. The molecule has 6 aromatic carbocycles. The predicted octanol–water partition coefficient (Wildman–Crippen LogP) is 22.4. The molecule has 4 fully saturated rings. The summed E-state index contributed by atoms with van der Waals surface area (Å²) in [5.74, 6) is 3.76. The van der Waals surface area contributed by atoms with E-state index in [0.29, 0.717) is 23.7 Å². The molecular formula is C84H100BCl8F20N6O21. The molecule has 0 aromatic heterocycles. The van der Waals surface area contributed by atoms with Gasteiger partial charge in [0.25, 0.3) is 0 Å². The van der Waals surface area contributed by atoms with Crippen LogP contribution in [0.1, 0.15) is 79.8 Å². The van der Waals surface area contributed by atoms with E-state index in [4.69, 9.17) is 233 Å². The van der Waals surface area contributed by atoms with Gasteiger partial charge in [-0.1, -0.05) is 123 Å². The van der Waals surface area contributed by atoms with Crippen LogP contribution in [0.2, 0.25) is 0 Å². The van der Waals surface area contributed by atoms with Gasteiger partial charge in [-0.3, -0.25) is 14.6 Å². The third kappa shape index (κ3) is 32.9. The van der Waals surface area contributed by atoms with Crippen LogP contribution in [0, 0.1) is 10.8 Å². The molecule has 791 valence electrons. The summed E-state index contributed by atoms with van der Waals surface area (Å²) in [7, 11) is 13.6. The van der Waals surface area contributed by atoms with E-state index in [-0.39, 0.29) is 71.5 Å². The summed E-state index contributed by atoms with van der Waals surface area (Å²) in [6, 6.07) is 40.9. The second-order valence-electron chi connectivity index (χ2n) is 29.2. The number of esters is 1. The Balaban J connectivity index is -0.00000167. The molecule has 1 amide bonds. The van der Waals surface area contributed by atoms with Gasteiger partial charge in [0.1, 0.15) is 71.6 Å². The van der Waals surface area contributed by atoms with Crippen LogP contribution in [0.5, 0.6) is 34.5 Å². The fraction of sp³-hybridized carbons (Fsp3) is 0.464. The van der Waals surface area contributed by atoms with E-state index in [1.54, 1.807) is 73.0 Å². The SMILES string of the molecule is CC[C@]12C=CCN3CC[C@@]4(c5ccc(OC)cc5N(C)[C@H]4[C@@](O)(CN)[C@@H]1O)[C@@H]32.CC[C@]12C=CCN3CC[C@@]4(c5ccc(OC)cc5N(C)[C@H]4[C@@](O)(CNC(=O)OCc4ccccc4OC)[C@@H]1OC(C)=O)[C@@H]32.COc1ccccc1CO.COc1ccccc1COC(=O)Cl.COc1ccccc1COC(=O)Cl.FF.FF.FF.FF.FF.FF.FF.FF.FF.FF.O=C(OC(Cl)(Cl)Cl)OC(Cl)(Cl)Cl.[B]. The van der Waals surface area contributed by atoms with Gasteiger partial charge >= 0.3 is 37.0 Å². The molecule has 3 radical (unpaired) electrons. The monoisotopic (exact) mass is 2200 g/mol. The number of nitrogens with zero attached hydrogens (tertiary/aromatic N) is 4. The van der Waals surface area contributed by atoms with Crippen LogP contribution in [0.3, 0.4) is 0 Å². The van der Waals surface area contributed by atoms with Gasteiger partial charge in [-0.05, 0) is 156 Å². The average molecular weight is 2200 g/mol. The second kappa shape index (κ2) is 67.4. The lowest BCUT2D eigenvalue weighted by Crippen LogP contribution is -2.81. The summed E-state index contributed by atoms with van der Waals surface area (Å²) in [4.78, 5) is 66.2. The number of anilines is 2. The molecule has 7 N–H and O–H groups in total. The van der Waals surface area contributed by atoms with Gasteiger partial charge in [0.2, 0.25) is 0 Å². The number of aliphatic hydroxyl groups excluding tert-OH is 2. The van der Waals surface area contributed by atoms with Crippen molar-refractivity contribution in [2.75, 3.05) is 106 Å². The van der Waals surface area contributed by atoms with E-state index in [9.17, 15) is 39.3 Å². The minimum absolute atomic E-state index is 0. The molecule has 8 aliphatic rings. The summed E-state index contributed by atoms with van der Waals surface area (Å²) in [5.41, 5.74) is 7.07. The Labute approximate surface area is 832 Å². The second-order valence-corrected chi connectivity index (χ2v) is 34.2. The highest BCUT2D eigenvalue weighted by Gasteiger charge is 2.79. The Morgan fingerprint density at radius 1 is 0.471 bits per heavy atom. The first kappa shape index (κ1) is 135. The molecule has 2 saturated carbocycles. The maximum Gasteiger partial charge on any atom is 0.515 e. The number of alkyl halides is 6. The molecule has 56 heteroatoms. The van der Waals surface area contributed by atoms with E-state index in [0.717, 1.165) is 102 Å². The van der Waals surface area contributed by atoms with Gasteiger partial charge in [-0.25, -0.2) is 19.2 Å². The van der Waals surface area contributed by atoms with Crippen molar-refractivity contribution in [2.24, 2.45) is 16.6 Å². The number of carbonyl (C=O) groups is 5. The van der Waals surface area contributed by atoms with E-state index in [2.05, 4.69) is 100 Å². The van der Waals surface area contributed by atoms with Gasteiger partial charge in [-0.15, -0.1) is 0 Å². The first-order chi connectivity index (χ1) is 66.5. The number of para-hydroxylation sites is 4. The van der Waals surface area contributed by atoms with Crippen LogP contribution >= 0.6 is 92.8 Å². The lowest BCUT2D eigenvalue weighted by atomic mass is 9.47. The van der Waals surface area contributed by atoms with Crippen molar-refractivity contribution in [3.63, 3.8) is 0 Å². The average Bonchev–Trinajstić information content (AvgIpc) is 1.49. The number of halogens is 28. The molecule has 2 spiro atoms. The number of nitrogens with one attached hydrogen (secondary N) is 1. The fourth-order valence-corrected chi connectivity index (χ4v) is 19.6. The number of benzene rings is 6. The number of nitrogens with two attached hydrogens (primary N) is 1. The Kier molecular flexibility index (Phi) is 65.0. The number of alkyl carbamates (subject to hydrolysis) is 1. The van der Waals surface area contributed by atoms with Crippen LogP contribution < -0.4 is 49.3 Å². The molecule has 14 rings (SSSR count). The minimum atomic E-state index is -2.24. The largest absolute Gasteiger partial charge is 0.515 e. The zero-order valence-corrected chi connectivity index (χ0v) is 81.7. The van der Waals surface area contributed by atoms with E-state index < -0.39 is 82.7 Å². The third-order valence-corrected chi connectivity index (χ3v) is 24.1. The normalized spacial score (nSPS) is 22.5. The Morgan fingerprint density at radius 3 is 1.10 bits per heavy atom. The molecule has 12 atom stereocenters. The number of methoxy groups -OCH3 is 6. The lowest BCUT2D eigenvalue weighted by molar-refractivity contribution is -0.217. The molecule has 6 aromatic rings. The quantitative estimate of drug-likeness (QED) is 0.00834. The lowest BCUT2D eigenvalue weighted by Gasteiger charge is -2.64. The summed E-state index contributed by atoms with van der Waals surface area (Å²) in [6.45, 7) is 9.19. The number of ether oxygens (including phenoxy) is 12. The van der Waals surface area contributed by atoms with Crippen LogP contribution in [0.4, 0.5) is 122 Å². The zero-order chi connectivity index (χ0) is 107. The fourth-order valence-electron chi connectivity index (χ4n) is 19.2. The highest BCUT2D eigenvalue weighted by molar-refractivity contribution is 6.67. The first-order valence-electron chi connectivity index (χ1n) is 39.3. The van der Waals surface area contributed by atoms with Crippen molar-refractivity contribution >= 4 is 142 Å². The van der Waals surface area contributed by atoms with Crippen molar-refractivity contribution in [3.05, 3.63) is 191 Å². The van der Waals surface area contributed by atoms with E-state index >= 15 is 0 Å². The van der Waals surface area contributed by atoms with Crippen molar-refractivity contribution in [1.82, 2.24) is 15.1 Å². The summed E-state index contributed by atoms with van der Waals surface area (Å²) in [6.07, 6.45) is 7.81. The molecule has 6 aliphatic heterocycles. The molecule has 140 heavy (non-hydrogen) atoms. The van der Waals surface area contributed by atoms with Gasteiger partial charge in [0.05, 0.1) is 74.0 Å². The summed E-state index contributed by atoms with van der Waals surface area (Å²) >= 11 is 40.3. The Hall–Kier alpha value is -9.15. The van der Waals surface area contributed by atoms with Crippen molar-refractivity contribution < 1.29 is 193 Å². The number of hydrogen-bond acceptors (Lipinski definition) is 26.